The van der Waals surface area contributed by atoms with Gasteiger partial charge in [0.25, 0.3) is 0 Å². The molecule has 0 saturated heterocycles. The fraction of sp³-hybridized carbons (Fsp3) is 0.0909. The Morgan fingerprint density at radius 1 is 1.42 bits per heavy atom. The van der Waals surface area contributed by atoms with Crippen molar-refractivity contribution in [2.24, 2.45) is 0 Å². The Bertz CT molecular complexity index is 311. The molecule has 0 aliphatic rings. The van der Waals surface area contributed by atoms with Crippen molar-refractivity contribution in [1.29, 1.82) is 0 Å². The van der Waals surface area contributed by atoms with E-state index in [-0.39, 0.29) is 6.61 Å². The topological polar surface area (TPSA) is 20.2 Å². The van der Waals surface area contributed by atoms with Gasteiger partial charge in [0.2, 0.25) is 0 Å². The maximum atomic E-state index is 8.79. The van der Waals surface area contributed by atoms with Crippen LogP contribution < -0.4 is 0 Å². The van der Waals surface area contributed by atoms with Crippen LogP contribution in [0, 0.1) is 0 Å². The zero-order valence-electron chi connectivity index (χ0n) is 7.83. The molecule has 1 rings (SSSR count). The van der Waals surface area contributed by atoms with Crippen LogP contribution in [0.4, 0.5) is 0 Å². The highest BCUT2D eigenvalue weighted by molar-refractivity contribution is 5.51. The summed E-state index contributed by atoms with van der Waals surface area (Å²) in [7, 11) is 0. The van der Waals surface area contributed by atoms with E-state index >= 15 is 0 Å². The van der Waals surface area contributed by atoms with Gasteiger partial charge in [-0.15, -0.1) is 0 Å². The predicted octanol–water partition coefficient (Wildman–Crippen LogP) is 2.38. The maximum Gasteiger partial charge on any atom is 0.0681 e. The number of hydrogen-bond donors (Lipinski definition) is 1. The van der Waals surface area contributed by atoms with E-state index in [0.717, 1.165) is 11.1 Å². The molecular formula is C11H12O. The first-order valence-electron chi connectivity index (χ1n) is 4.27. The summed E-state index contributed by atoms with van der Waals surface area (Å²) >= 11 is 0. The molecule has 0 aliphatic carbocycles. The molecular weight excluding hydrogens is 148 g/mol. The highest BCUT2D eigenvalue weighted by Crippen LogP contribution is 2.05. The van der Waals surface area contributed by atoms with Crippen LogP contribution in [0.15, 0.2) is 43.0 Å². The lowest BCUT2D eigenvalue weighted by atomic mass is 10.1. The minimum atomic E-state index is 0.0405. The minimum absolute atomic E-state index is 0.0405. The van der Waals surface area contributed by atoms with E-state index in [0.29, 0.717) is 6.05 Å². The van der Waals surface area contributed by atoms with Crippen LogP contribution in [-0.2, 0) is 6.61 Å². The SMILES string of the molecule is [2H]/C(=C\C=C)c1ccc(CO)cc1. The summed E-state index contributed by atoms with van der Waals surface area (Å²) < 4.78 is 7.57. The Hall–Kier alpha value is -1.34. The molecule has 12 heavy (non-hydrogen) atoms. The van der Waals surface area contributed by atoms with E-state index in [9.17, 15) is 0 Å². The average Bonchev–Trinajstić information content (AvgIpc) is 2.18. The van der Waals surface area contributed by atoms with Crippen molar-refractivity contribution in [2.45, 2.75) is 6.61 Å². The van der Waals surface area contributed by atoms with Crippen molar-refractivity contribution in [3.05, 3.63) is 54.1 Å². The highest BCUT2D eigenvalue weighted by atomic mass is 16.3. The smallest absolute Gasteiger partial charge is 0.0681 e. The Labute approximate surface area is 74.1 Å². The lowest BCUT2D eigenvalue weighted by Gasteiger charge is -1.95. The van der Waals surface area contributed by atoms with Gasteiger partial charge < -0.3 is 5.11 Å². The molecule has 62 valence electrons. The van der Waals surface area contributed by atoms with E-state index in [4.69, 9.17) is 6.48 Å². The van der Waals surface area contributed by atoms with Gasteiger partial charge in [0.15, 0.2) is 0 Å². The maximum absolute atomic E-state index is 8.79. The predicted molar refractivity (Wildman–Crippen MR) is 51.6 cm³/mol. The molecule has 0 saturated carbocycles. The lowest BCUT2D eigenvalue weighted by Crippen LogP contribution is -1.81. The van der Waals surface area contributed by atoms with Gasteiger partial charge in [-0.3, -0.25) is 0 Å². The number of rotatable bonds is 3. The van der Waals surface area contributed by atoms with Crippen LogP contribution in [0.1, 0.15) is 12.5 Å². The van der Waals surface area contributed by atoms with Crippen LogP contribution in [0.2, 0.25) is 0 Å². The van der Waals surface area contributed by atoms with Gasteiger partial charge in [0.05, 0.1) is 7.98 Å². The summed E-state index contributed by atoms with van der Waals surface area (Å²) in [5.41, 5.74) is 1.69. The third kappa shape index (κ3) is 2.36. The molecule has 1 aromatic carbocycles. The van der Waals surface area contributed by atoms with Gasteiger partial charge in [-0.25, -0.2) is 0 Å². The van der Waals surface area contributed by atoms with Crippen molar-refractivity contribution < 1.29 is 6.48 Å². The summed E-state index contributed by atoms with van der Waals surface area (Å²) in [5.74, 6) is 0. The summed E-state index contributed by atoms with van der Waals surface area (Å²) in [5, 5.41) is 8.79. The van der Waals surface area contributed by atoms with Gasteiger partial charge >= 0.3 is 0 Å². The Balaban J connectivity index is 2.91. The second-order valence-electron chi connectivity index (χ2n) is 2.40. The van der Waals surface area contributed by atoms with Crippen LogP contribution in [-0.4, -0.2) is 5.11 Å². The fourth-order valence-electron chi connectivity index (χ4n) is 0.862. The van der Waals surface area contributed by atoms with E-state index in [1.54, 1.807) is 24.3 Å². The zero-order valence-corrected chi connectivity index (χ0v) is 6.83. The van der Waals surface area contributed by atoms with Gasteiger partial charge in [0, 0.05) is 0 Å². The molecule has 1 heteroatoms. The minimum Gasteiger partial charge on any atom is -0.392 e. The van der Waals surface area contributed by atoms with Crippen LogP contribution in [0.3, 0.4) is 0 Å². The molecule has 0 radical (unpaired) electrons. The monoisotopic (exact) mass is 161 g/mol. The van der Waals surface area contributed by atoms with E-state index in [1.807, 2.05) is 12.1 Å². The third-order valence-electron chi connectivity index (χ3n) is 1.50. The Morgan fingerprint density at radius 3 is 2.58 bits per heavy atom. The molecule has 0 fully saturated rings. The third-order valence-corrected chi connectivity index (χ3v) is 1.50. The molecule has 1 N–H and O–H groups in total. The zero-order chi connectivity index (χ0) is 9.68. The van der Waals surface area contributed by atoms with E-state index in [2.05, 4.69) is 6.58 Å². The lowest BCUT2D eigenvalue weighted by molar-refractivity contribution is 0.282. The molecule has 1 aromatic rings. The molecule has 0 spiro atoms. The number of hydrogen-bond acceptors (Lipinski definition) is 1. The first-order valence-corrected chi connectivity index (χ1v) is 3.77. The van der Waals surface area contributed by atoms with Crippen LogP contribution >= 0.6 is 0 Å². The van der Waals surface area contributed by atoms with Crippen molar-refractivity contribution in [1.82, 2.24) is 0 Å². The van der Waals surface area contributed by atoms with Gasteiger partial charge in [-0.2, -0.15) is 0 Å². The normalized spacial score (nSPS) is 12.4. The highest BCUT2D eigenvalue weighted by Gasteiger charge is 1.88. The van der Waals surface area contributed by atoms with Gasteiger partial charge in [-0.1, -0.05) is 49.0 Å². The van der Waals surface area contributed by atoms with Crippen LogP contribution in [0.25, 0.3) is 6.05 Å². The van der Waals surface area contributed by atoms with Gasteiger partial charge in [0.1, 0.15) is 0 Å². The van der Waals surface area contributed by atoms with Crippen LogP contribution in [0.5, 0.6) is 0 Å². The quantitative estimate of drug-likeness (QED) is 0.675. The second-order valence-corrected chi connectivity index (χ2v) is 2.40. The molecule has 0 unspecified atom stereocenters. The van der Waals surface area contributed by atoms with Gasteiger partial charge in [-0.05, 0) is 11.1 Å². The van der Waals surface area contributed by atoms with Crippen molar-refractivity contribution in [3.8, 4) is 0 Å². The molecule has 0 bridgehead atoms. The summed E-state index contributed by atoms with van der Waals surface area (Å²) in [6.45, 7) is 3.56. The Morgan fingerprint density at radius 2 is 2.08 bits per heavy atom. The Kier molecular flexibility index (Phi) is 2.76. The van der Waals surface area contributed by atoms with Crippen molar-refractivity contribution in [3.63, 3.8) is 0 Å². The largest absolute Gasteiger partial charge is 0.392 e. The van der Waals surface area contributed by atoms with Crippen molar-refractivity contribution in [2.75, 3.05) is 0 Å². The molecule has 0 atom stereocenters. The first-order chi connectivity index (χ1) is 6.27. The summed E-state index contributed by atoms with van der Waals surface area (Å²) in [6.07, 6.45) is 3.22. The first kappa shape index (κ1) is 7.32. The number of aliphatic hydroxyl groups excluding tert-OH is 1. The molecule has 0 amide bonds. The second kappa shape index (κ2) is 4.52. The fourth-order valence-corrected chi connectivity index (χ4v) is 0.862. The van der Waals surface area contributed by atoms with Crippen molar-refractivity contribution >= 4 is 6.05 Å². The molecule has 0 aliphatic heterocycles. The number of aliphatic hydroxyl groups is 1. The standard InChI is InChI=1S/C11H12O/c1-2-3-4-10-5-7-11(9-12)8-6-10/h2-8,12H,1,9H2/b4-3+/i4D. The number of allylic oxidation sites excluding steroid dienone is 2. The molecule has 0 heterocycles. The average molecular weight is 161 g/mol. The van der Waals surface area contributed by atoms with E-state index in [1.165, 1.54) is 0 Å². The summed E-state index contributed by atoms with van der Waals surface area (Å²) in [6, 6.07) is 7.67. The summed E-state index contributed by atoms with van der Waals surface area (Å²) in [4.78, 5) is 0. The van der Waals surface area contributed by atoms with E-state index < -0.39 is 0 Å². The number of benzene rings is 1. The molecule has 1 nitrogen and oxygen atoms in total. The molecule has 0 aromatic heterocycles.